The molecule has 0 aromatic heterocycles. The van der Waals surface area contributed by atoms with Crippen LogP contribution < -0.4 is 0 Å². The van der Waals surface area contributed by atoms with Crippen LogP contribution in [-0.2, 0) is 4.74 Å². The molecule has 0 amide bonds. The fraction of sp³-hybridized carbons (Fsp3) is 0.833. The van der Waals surface area contributed by atoms with Crippen LogP contribution in [0.4, 0.5) is 0 Å². The van der Waals surface area contributed by atoms with Gasteiger partial charge < -0.3 is 4.74 Å². The van der Waals surface area contributed by atoms with E-state index in [1.165, 1.54) is 18.4 Å². The van der Waals surface area contributed by atoms with Gasteiger partial charge in [0.2, 0.25) is 0 Å². The summed E-state index contributed by atoms with van der Waals surface area (Å²) in [4.78, 5) is 0. The van der Waals surface area contributed by atoms with Crippen molar-refractivity contribution in [2.45, 2.75) is 58.2 Å². The molecule has 82 valence electrons. The van der Waals surface area contributed by atoms with Crippen molar-refractivity contribution >= 4 is 15.9 Å². The van der Waals surface area contributed by atoms with E-state index in [2.05, 4.69) is 42.8 Å². The summed E-state index contributed by atoms with van der Waals surface area (Å²) in [6.07, 6.45) is 7.41. The predicted molar refractivity (Wildman–Crippen MR) is 65.0 cm³/mol. The largest absolute Gasteiger partial charge is 0.372 e. The molecule has 2 heteroatoms. The number of alkyl halides is 1. The second kappa shape index (κ2) is 5.32. The second-order valence-electron chi connectivity index (χ2n) is 4.77. The lowest BCUT2D eigenvalue weighted by Crippen LogP contribution is -2.20. The highest BCUT2D eigenvalue weighted by Crippen LogP contribution is 2.32. The fourth-order valence-electron chi connectivity index (χ4n) is 1.96. The lowest BCUT2D eigenvalue weighted by molar-refractivity contribution is -0.0144. The van der Waals surface area contributed by atoms with Crippen LogP contribution in [0.1, 0.15) is 46.5 Å². The van der Waals surface area contributed by atoms with E-state index in [0.29, 0.717) is 6.10 Å². The summed E-state index contributed by atoms with van der Waals surface area (Å²) in [5.41, 5.74) is 1.58. The third kappa shape index (κ3) is 4.14. The number of hydrogen-bond donors (Lipinski definition) is 0. The van der Waals surface area contributed by atoms with E-state index in [9.17, 15) is 0 Å². The first-order valence-electron chi connectivity index (χ1n) is 5.43. The molecule has 1 heterocycles. The van der Waals surface area contributed by atoms with E-state index in [0.717, 1.165) is 18.2 Å². The molecule has 0 aliphatic carbocycles. The molecule has 0 bridgehead atoms. The molecule has 0 aromatic rings. The standard InChI is InChI=1S/C12H21BrO/c1-10(5-4-8-13)9-11-6-7-12(2,3)14-11/h5,11H,4,6-9H2,1-3H3. The maximum absolute atomic E-state index is 5.95. The summed E-state index contributed by atoms with van der Waals surface area (Å²) in [5.74, 6) is 0. The molecule has 1 fully saturated rings. The molecule has 1 rings (SSSR count). The summed E-state index contributed by atoms with van der Waals surface area (Å²) < 4.78 is 5.95. The lowest BCUT2D eigenvalue weighted by Gasteiger charge is -2.19. The minimum atomic E-state index is 0.111. The zero-order chi connectivity index (χ0) is 10.6. The van der Waals surface area contributed by atoms with Gasteiger partial charge in [0.1, 0.15) is 0 Å². The molecule has 1 unspecified atom stereocenters. The first-order chi connectivity index (χ1) is 6.53. The van der Waals surface area contributed by atoms with Crippen LogP contribution in [0.25, 0.3) is 0 Å². The van der Waals surface area contributed by atoms with Crippen molar-refractivity contribution in [1.82, 2.24) is 0 Å². The minimum absolute atomic E-state index is 0.111. The third-order valence-electron chi connectivity index (χ3n) is 2.71. The van der Waals surface area contributed by atoms with Crippen molar-refractivity contribution in [2.24, 2.45) is 0 Å². The van der Waals surface area contributed by atoms with Crippen LogP contribution in [0.3, 0.4) is 0 Å². The SMILES string of the molecule is CC(=CCCBr)CC1CCC(C)(C)O1. The van der Waals surface area contributed by atoms with E-state index in [1.807, 2.05) is 0 Å². The quantitative estimate of drug-likeness (QED) is 0.547. The Balaban J connectivity index is 2.32. The molecule has 1 saturated heterocycles. The first-order valence-corrected chi connectivity index (χ1v) is 6.55. The Morgan fingerprint density at radius 3 is 2.79 bits per heavy atom. The van der Waals surface area contributed by atoms with Gasteiger partial charge in [0, 0.05) is 5.33 Å². The summed E-state index contributed by atoms with van der Waals surface area (Å²) in [6.45, 7) is 6.58. The summed E-state index contributed by atoms with van der Waals surface area (Å²) in [5, 5.41) is 1.06. The van der Waals surface area contributed by atoms with E-state index in [1.54, 1.807) is 0 Å². The van der Waals surface area contributed by atoms with Gasteiger partial charge in [0.05, 0.1) is 11.7 Å². The van der Waals surface area contributed by atoms with Gasteiger partial charge in [0.15, 0.2) is 0 Å². The van der Waals surface area contributed by atoms with E-state index < -0.39 is 0 Å². The monoisotopic (exact) mass is 260 g/mol. The Morgan fingerprint density at radius 1 is 1.57 bits per heavy atom. The average molecular weight is 261 g/mol. The van der Waals surface area contributed by atoms with Gasteiger partial charge >= 0.3 is 0 Å². The molecule has 0 saturated carbocycles. The van der Waals surface area contributed by atoms with Crippen LogP contribution in [0.5, 0.6) is 0 Å². The van der Waals surface area contributed by atoms with Gasteiger partial charge in [0.25, 0.3) is 0 Å². The Kier molecular flexibility index (Phi) is 4.65. The summed E-state index contributed by atoms with van der Waals surface area (Å²) in [6, 6.07) is 0. The van der Waals surface area contributed by atoms with Gasteiger partial charge in [-0.2, -0.15) is 0 Å². The van der Waals surface area contributed by atoms with E-state index in [-0.39, 0.29) is 5.60 Å². The van der Waals surface area contributed by atoms with E-state index >= 15 is 0 Å². The van der Waals surface area contributed by atoms with Gasteiger partial charge in [-0.3, -0.25) is 0 Å². The predicted octanol–water partition coefficient (Wildman–Crippen LogP) is 4.07. The number of halogens is 1. The van der Waals surface area contributed by atoms with Crippen LogP contribution in [0, 0.1) is 0 Å². The molecule has 1 atom stereocenters. The van der Waals surface area contributed by atoms with Crippen molar-refractivity contribution in [2.75, 3.05) is 5.33 Å². The van der Waals surface area contributed by atoms with Gasteiger partial charge in [-0.05, 0) is 46.5 Å². The minimum Gasteiger partial charge on any atom is -0.372 e. The fourth-order valence-corrected chi connectivity index (χ4v) is 2.19. The number of allylic oxidation sites excluding steroid dienone is 1. The van der Waals surface area contributed by atoms with Crippen molar-refractivity contribution in [3.05, 3.63) is 11.6 Å². The topological polar surface area (TPSA) is 9.23 Å². The number of rotatable bonds is 4. The highest BCUT2D eigenvalue weighted by molar-refractivity contribution is 9.09. The molecular formula is C12H21BrO. The molecular weight excluding hydrogens is 240 g/mol. The van der Waals surface area contributed by atoms with E-state index in [4.69, 9.17) is 4.74 Å². The van der Waals surface area contributed by atoms with Gasteiger partial charge in [-0.15, -0.1) is 0 Å². The van der Waals surface area contributed by atoms with Gasteiger partial charge in [-0.1, -0.05) is 27.6 Å². The molecule has 0 N–H and O–H groups in total. The Hall–Kier alpha value is 0.180. The Labute approximate surface area is 96.0 Å². The van der Waals surface area contributed by atoms with Crippen molar-refractivity contribution in [3.8, 4) is 0 Å². The maximum atomic E-state index is 5.95. The number of hydrogen-bond acceptors (Lipinski definition) is 1. The molecule has 1 aliphatic rings. The number of ether oxygens (including phenoxy) is 1. The van der Waals surface area contributed by atoms with Crippen molar-refractivity contribution in [3.63, 3.8) is 0 Å². The van der Waals surface area contributed by atoms with Crippen molar-refractivity contribution < 1.29 is 4.74 Å². The molecule has 1 aliphatic heterocycles. The normalized spacial score (nSPS) is 26.9. The lowest BCUT2D eigenvalue weighted by atomic mass is 10.0. The third-order valence-corrected chi connectivity index (χ3v) is 3.16. The Morgan fingerprint density at radius 2 is 2.29 bits per heavy atom. The second-order valence-corrected chi connectivity index (χ2v) is 5.56. The molecule has 0 spiro atoms. The van der Waals surface area contributed by atoms with Crippen LogP contribution in [0.15, 0.2) is 11.6 Å². The van der Waals surface area contributed by atoms with Crippen LogP contribution in [0.2, 0.25) is 0 Å². The zero-order valence-electron chi connectivity index (χ0n) is 9.48. The van der Waals surface area contributed by atoms with Crippen LogP contribution in [-0.4, -0.2) is 17.0 Å². The summed E-state index contributed by atoms with van der Waals surface area (Å²) in [7, 11) is 0. The summed E-state index contributed by atoms with van der Waals surface area (Å²) >= 11 is 3.43. The molecule has 1 nitrogen and oxygen atoms in total. The first kappa shape index (κ1) is 12.3. The molecule has 0 radical (unpaired) electrons. The van der Waals surface area contributed by atoms with Gasteiger partial charge in [-0.25, -0.2) is 0 Å². The molecule has 14 heavy (non-hydrogen) atoms. The maximum Gasteiger partial charge on any atom is 0.0631 e. The van der Waals surface area contributed by atoms with Crippen molar-refractivity contribution in [1.29, 1.82) is 0 Å². The zero-order valence-corrected chi connectivity index (χ0v) is 11.1. The Bertz CT molecular complexity index is 208. The highest BCUT2D eigenvalue weighted by Gasteiger charge is 2.31. The smallest absolute Gasteiger partial charge is 0.0631 e. The molecule has 0 aromatic carbocycles. The highest BCUT2D eigenvalue weighted by atomic mass is 79.9. The van der Waals surface area contributed by atoms with Crippen LogP contribution >= 0.6 is 15.9 Å². The average Bonchev–Trinajstić information content (AvgIpc) is 2.42.